The Kier molecular flexibility index (Phi) is 33.5. The fourth-order valence-electron chi connectivity index (χ4n) is 10.1. The summed E-state index contributed by atoms with van der Waals surface area (Å²) in [6.45, 7) is 2.08. The molecule has 23 heteroatoms. The number of carboxylic acids is 1. The molecule has 0 spiro atoms. The van der Waals surface area contributed by atoms with Gasteiger partial charge in [0, 0.05) is 19.8 Å². The van der Waals surface area contributed by atoms with E-state index in [0.29, 0.717) is 25.7 Å². The first-order chi connectivity index (χ1) is 36.9. The quantitative estimate of drug-likeness (QED) is 0.0303. The zero-order valence-corrected chi connectivity index (χ0v) is 45.8. The molecule has 2 amide bonds. The van der Waals surface area contributed by atoms with Crippen molar-refractivity contribution in [3.05, 3.63) is 12.2 Å². The fraction of sp³-hybridized carbons (Fsp3) is 0.907. The molecule has 0 radical (unpaired) electrons. The second-order valence-corrected chi connectivity index (χ2v) is 21.1. The number of carbonyl (C=O) groups is 3. The highest BCUT2D eigenvalue weighted by Gasteiger charge is 2.60. The Morgan fingerprint density at radius 1 is 0.662 bits per heavy atom. The standard InChI is InChI=1S/C54H98N2O21/c1-4-6-8-10-12-14-15-16-17-18-20-21-23-25-27-36(61)35(56-41(64)28-26-24-22-19-13-11-9-7-5-2)33-72-51-46(68)45(67)48(40(32-59)74-51)75-52-47(69)50(44(66)39(31-58)73-52)77-54(53(70)71)29-37(62)42(55-34(3)60)49(76-54)43(65)38(63)30-57/h19,22,35-40,42-52,57-59,61-63,65-69H,4-18,20-21,23-33H2,1-3H3,(H,55,60)(H,56,64)(H,70,71)/b22-19-. The second kappa shape index (κ2) is 37.5. The lowest BCUT2D eigenvalue weighted by Crippen LogP contribution is -2.70. The zero-order valence-electron chi connectivity index (χ0n) is 45.8. The first kappa shape index (κ1) is 68.7. The summed E-state index contributed by atoms with van der Waals surface area (Å²) in [7, 11) is 0. The maximum absolute atomic E-state index is 13.2. The molecule has 18 unspecified atom stereocenters. The first-order valence-electron chi connectivity index (χ1n) is 28.5. The highest BCUT2D eigenvalue weighted by atomic mass is 16.8. The largest absolute Gasteiger partial charge is 0.477 e. The van der Waals surface area contributed by atoms with Crippen molar-refractivity contribution in [1.29, 1.82) is 0 Å². The van der Waals surface area contributed by atoms with Crippen LogP contribution in [0, 0.1) is 0 Å². The van der Waals surface area contributed by atoms with Crippen LogP contribution in [0.3, 0.4) is 0 Å². The predicted molar refractivity (Wildman–Crippen MR) is 278 cm³/mol. The van der Waals surface area contributed by atoms with Crippen molar-refractivity contribution in [2.75, 3.05) is 26.4 Å². The van der Waals surface area contributed by atoms with Gasteiger partial charge in [0.2, 0.25) is 11.8 Å². The van der Waals surface area contributed by atoms with E-state index in [1.165, 1.54) is 70.6 Å². The minimum Gasteiger partial charge on any atom is -0.477 e. The molecule has 0 aromatic rings. The maximum atomic E-state index is 13.2. The number of hydrogen-bond acceptors (Lipinski definition) is 20. The van der Waals surface area contributed by atoms with Crippen molar-refractivity contribution >= 4 is 17.8 Å². The van der Waals surface area contributed by atoms with Crippen LogP contribution in [0.4, 0.5) is 0 Å². The molecule has 14 N–H and O–H groups in total. The highest BCUT2D eigenvalue weighted by molar-refractivity contribution is 5.77. The van der Waals surface area contributed by atoms with Gasteiger partial charge in [-0.15, -0.1) is 0 Å². The molecule has 0 saturated carbocycles. The lowest BCUT2D eigenvalue weighted by Gasteiger charge is -2.50. The van der Waals surface area contributed by atoms with Crippen LogP contribution in [0.15, 0.2) is 12.2 Å². The number of aliphatic hydroxyl groups excluding tert-OH is 11. The maximum Gasteiger partial charge on any atom is 0.364 e. The molecule has 3 heterocycles. The monoisotopic (exact) mass is 1110 g/mol. The Balaban J connectivity index is 1.69. The Bertz CT molecular complexity index is 1650. The molecule has 18 atom stereocenters. The number of carboxylic acid groups (broad SMARTS) is 1. The van der Waals surface area contributed by atoms with Crippen LogP contribution in [0.1, 0.15) is 175 Å². The number of amides is 2. The van der Waals surface area contributed by atoms with E-state index in [4.69, 9.17) is 28.4 Å². The van der Waals surface area contributed by atoms with E-state index in [9.17, 15) is 75.7 Å². The number of ether oxygens (including phenoxy) is 6. The summed E-state index contributed by atoms with van der Waals surface area (Å²) in [6, 6.07) is -2.54. The average Bonchev–Trinajstić information content (AvgIpc) is 3.40. The van der Waals surface area contributed by atoms with Gasteiger partial charge < -0.3 is 100 Å². The van der Waals surface area contributed by atoms with Crippen molar-refractivity contribution in [1.82, 2.24) is 10.6 Å². The minimum atomic E-state index is -3.08. The normalized spacial score (nSPS) is 31.4. The third-order valence-electron chi connectivity index (χ3n) is 14.7. The van der Waals surface area contributed by atoms with Gasteiger partial charge >= 0.3 is 5.97 Å². The van der Waals surface area contributed by atoms with Gasteiger partial charge in [-0.25, -0.2) is 4.79 Å². The van der Waals surface area contributed by atoms with E-state index >= 15 is 0 Å². The molecule has 450 valence electrons. The van der Waals surface area contributed by atoms with Crippen LogP contribution in [-0.4, -0.2) is 215 Å². The molecule has 23 nitrogen and oxygen atoms in total. The summed E-state index contributed by atoms with van der Waals surface area (Å²) in [6.07, 6.45) is -1.44. The van der Waals surface area contributed by atoms with Gasteiger partial charge in [0.15, 0.2) is 12.6 Å². The van der Waals surface area contributed by atoms with Crippen molar-refractivity contribution < 1.29 is 104 Å². The molecule has 3 aliphatic rings. The number of aliphatic hydroxyl groups is 11. The van der Waals surface area contributed by atoms with E-state index in [0.717, 1.165) is 51.9 Å². The van der Waals surface area contributed by atoms with E-state index in [2.05, 4.69) is 36.6 Å². The SMILES string of the molecule is CCCCCC/C=C\CCCC(=O)NC(COC1OC(CO)C(OC2OC(CO)C(O)C(OC3(C(=O)O)CC(O)C(NC(C)=O)C(C(O)C(O)CO)O3)C2O)C(O)C1O)C(O)CCCCCCCCCCCCCCCC. The van der Waals surface area contributed by atoms with E-state index < -0.39 is 148 Å². The van der Waals surface area contributed by atoms with E-state index in [1.54, 1.807) is 0 Å². The van der Waals surface area contributed by atoms with Gasteiger partial charge in [-0.3, -0.25) is 9.59 Å². The van der Waals surface area contributed by atoms with Crippen molar-refractivity contribution in [3.63, 3.8) is 0 Å². The van der Waals surface area contributed by atoms with Gasteiger partial charge in [0.05, 0.1) is 50.7 Å². The Morgan fingerprint density at radius 3 is 1.75 bits per heavy atom. The molecule has 77 heavy (non-hydrogen) atoms. The molecular weight excluding hydrogens is 1010 g/mol. The van der Waals surface area contributed by atoms with Gasteiger partial charge in [0.25, 0.3) is 5.79 Å². The Labute approximate surface area is 454 Å². The van der Waals surface area contributed by atoms with Gasteiger partial charge in [-0.1, -0.05) is 135 Å². The Morgan fingerprint density at radius 2 is 1.21 bits per heavy atom. The fourth-order valence-corrected chi connectivity index (χ4v) is 10.1. The summed E-state index contributed by atoms with van der Waals surface area (Å²) in [5.41, 5.74) is 0. The minimum absolute atomic E-state index is 0.175. The van der Waals surface area contributed by atoms with E-state index in [-0.39, 0.29) is 18.9 Å². The number of rotatable bonds is 40. The number of unbranched alkanes of at least 4 members (excludes halogenated alkanes) is 18. The van der Waals surface area contributed by atoms with Crippen LogP contribution < -0.4 is 10.6 Å². The Hall–Kier alpha value is -2.53. The summed E-state index contributed by atoms with van der Waals surface area (Å²) >= 11 is 0. The molecule has 3 rings (SSSR count). The second-order valence-electron chi connectivity index (χ2n) is 21.1. The van der Waals surface area contributed by atoms with Gasteiger partial charge in [-0.05, 0) is 32.1 Å². The molecule has 0 bridgehead atoms. The van der Waals surface area contributed by atoms with Crippen LogP contribution in [-0.2, 0) is 42.8 Å². The molecule has 0 aliphatic carbocycles. The number of hydrogen-bond donors (Lipinski definition) is 14. The smallest absolute Gasteiger partial charge is 0.364 e. The first-order valence-corrected chi connectivity index (χ1v) is 28.5. The number of nitrogens with one attached hydrogen (secondary N) is 2. The van der Waals surface area contributed by atoms with Crippen LogP contribution in [0.2, 0.25) is 0 Å². The molecule has 0 aromatic carbocycles. The third-order valence-corrected chi connectivity index (χ3v) is 14.7. The summed E-state index contributed by atoms with van der Waals surface area (Å²) < 4.78 is 34.6. The van der Waals surface area contributed by atoms with Crippen molar-refractivity contribution in [2.45, 2.75) is 285 Å². The zero-order chi connectivity index (χ0) is 56.9. The van der Waals surface area contributed by atoms with Crippen LogP contribution in [0.5, 0.6) is 0 Å². The summed E-state index contributed by atoms with van der Waals surface area (Å²) in [5, 5.41) is 135. The summed E-state index contributed by atoms with van der Waals surface area (Å²) in [5.74, 6) is -6.14. The van der Waals surface area contributed by atoms with Crippen LogP contribution in [0.25, 0.3) is 0 Å². The lowest BCUT2D eigenvalue weighted by molar-refractivity contribution is -0.386. The lowest BCUT2D eigenvalue weighted by atomic mass is 9.88. The molecule has 0 aromatic heterocycles. The third kappa shape index (κ3) is 22.7. The molecule has 3 fully saturated rings. The van der Waals surface area contributed by atoms with Gasteiger partial charge in [-0.2, -0.15) is 0 Å². The number of carbonyl (C=O) groups excluding carboxylic acids is 2. The van der Waals surface area contributed by atoms with Crippen molar-refractivity contribution in [3.8, 4) is 0 Å². The number of allylic oxidation sites excluding steroid dienone is 2. The highest BCUT2D eigenvalue weighted by Crippen LogP contribution is 2.38. The molecular formula is C54H98N2O21. The van der Waals surface area contributed by atoms with Crippen molar-refractivity contribution in [2.24, 2.45) is 0 Å². The molecule has 3 saturated heterocycles. The topological polar surface area (TPSA) is 373 Å². The summed E-state index contributed by atoms with van der Waals surface area (Å²) in [4.78, 5) is 38.2. The van der Waals surface area contributed by atoms with Crippen LogP contribution >= 0.6 is 0 Å². The number of aliphatic carboxylic acids is 1. The van der Waals surface area contributed by atoms with E-state index in [1.807, 2.05) is 0 Å². The average molecular weight is 1110 g/mol. The molecule has 3 aliphatic heterocycles. The van der Waals surface area contributed by atoms with Gasteiger partial charge in [0.1, 0.15) is 67.1 Å². The predicted octanol–water partition coefficient (Wildman–Crippen LogP) is 1.21.